The van der Waals surface area contributed by atoms with Gasteiger partial charge in [-0.3, -0.25) is 9.78 Å². The molecule has 1 saturated carbocycles. The molecule has 1 aliphatic carbocycles. The third-order valence-corrected chi connectivity index (χ3v) is 4.45. The Morgan fingerprint density at radius 2 is 2.28 bits per heavy atom. The van der Waals surface area contributed by atoms with E-state index in [1.165, 1.54) is 0 Å². The van der Waals surface area contributed by atoms with Crippen LogP contribution < -0.4 is 4.90 Å². The van der Waals surface area contributed by atoms with Crippen molar-refractivity contribution < 1.29 is 9.90 Å². The molecule has 96 valence electrons. The smallest absolute Gasteiger partial charge is 0.311 e. The molecule has 2 aliphatic rings. The van der Waals surface area contributed by atoms with Crippen LogP contribution in [-0.4, -0.2) is 34.1 Å². The molecule has 2 heterocycles. The Bertz CT molecular complexity index is 491. The zero-order valence-corrected chi connectivity index (χ0v) is 10.5. The summed E-state index contributed by atoms with van der Waals surface area (Å²) in [6, 6.07) is 0. The second-order valence-electron chi connectivity index (χ2n) is 5.40. The van der Waals surface area contributed by atoms with Gasteiger partial charge in [0, 0.05) is 25.5 Å². The number of rotatable bonds is 2. The Labute approximate surface area is 106 Å². The summed E-state index contributed by atoms with van der Waals surface area (Å²) in [4.78, 5) is 22.3. The Morgan fingerprint density at radius 1 is 1.50 bits per heavy atom. The van der Waals surface area contributed by atoms with Crippen LogP contribution >= 0.6 is 0 Å². The number of carbonyl (C=O) groups is 1. The van der Waals surface area contributed by atoms with Crippen molar-refractivity contribution in [2.24, 2.45) is 11.3 Å². The van der Waals surface area contributed by atoms with E-state index in [1.807, 2.05) is 6.92 Å². The summed E-state index contributed by atoms with van der Waals surface area (Å²) in [5, 5.41) is 9.55. The molecular weight excluding hydrogens is 230 g/mol. The fraction of sp³-hybridized carbons (Fsp3) is 0.615. The molecule has 5 heteroatoms. The highest BCUT2D eigenvalue weighted by Crippen LogP contribution is 2.49. The molecule has 1 aliphatic heterocycles. The first-order chi connectivity index (χ1) is 8.63. The highest BCUT2D eigenvalue weighted by molar-refractivity contribution is 5.77. The second kappa shape index (κ2) is 3.93. The molecule has 0 bridgehead atoms. The Hall–Kier alpha value is -1.65. The molecule has 0 radical (unpaired) electrons. The monoisotopic (exact) mass is 247 g/mol. The van der Waals surface area contributed by atoms with Gasteiger partial charge in [0.05, 0.1) is 11.1 Å². The molecule has 1 saturated heterocycles. The van der Waals surface area contributed by atoms with Crippen molar-refractivity contribution in [3.8, 4) is 0 Å². The molecular formula is C13H17N3O2. The predicted octanol–water partition coefficient (Wildman–Crippen LogP) is 1.48. The van der Waals surface area contributed by atoms with Gasteiger partial charge in [0.25, 0.3) is 0 Å². The quantitative estimate of drug-likeness (QED) is 0.857. The van der Waals surface area contributed by atoms with E-state index in [2.05, 4.69) is 14.9 Å². The summed E-state index contributed by atoms with van der Waals surface area (Å²) < 4.78 is 0. The zero-order valence-electron chi connectivity index (χ0n) is 10.5. The minimum atomic E-state index is -0.644. The van der Waals surface area contributed by atoms with Crippen LogP contribution in [0.15, 0.2) is 12.4 Å². The zero-order chi connectivity index (χ0) is 12.8. The van der Waals surface area contributed by atoms with Crippen molar-refractivity contribution in [3.05, 3.63) is 18.1 Å². The van der Waals surface area contributed by atoms with Crippen LogP contribution in [0.25, 0.3) is 0 Å². The van der Waals surface area contributed by atoms with E-state index in [1.54, 1.807) is 12.4 Å². The van der Waals surface area contributed by atoms with Gasteiger partial charge in [0.2, 0.25) is 0 Å². The van der Waals surface area contributed by atoms with Gasteiger partial charge in [-0.1, -0.05) is 6.42 Å². The van der Waals surface area contributed by atoms with E-state index < -0.39 is 11.4 Å². The first-order valence-corrected chi connectivity index (χ1v) is 6.39. The Morgan fingerprint density at radius 3 is 2.94 bits per heavy atom. The van der Waals surface area contributed by atoms with Gasteiger partial charge in [0.1, 0.15) is 5.82 Å². The fourth-order valence-corrected chi connectivity index (χ4v) is 3.51. The van der Waals surface area contributed by atoms with Gasteiger partial charge >= 0.3 is 5.97 Å². The summed E-state index contributed by atoms with van der Waals surface area (Å²) in [6.07, 6.45) is 6.18. The van der Waals surface area contributed by atoms with Gasteiger partial charge in [-0.2, -0.15) is 0 Å². The summed E-state index contributed by atoms with van der Waals surface area (Å²) in [6.45, 7) is 3.29. The number of carboxylic acids is 1. The number of fused-ring (bicyclic) bond motifs is 1. The van der Waals surface area contributed by atoms with Crippen molar-refractivity contribution >= 4 is 11.8 Å². The minimum Gasteiger partial charge on any atom is -0.481 e. The van der Waals surface area contributed by atoms with Crippen molar-refractivity contribution in [2.45, 2.75) is 26.2 Å². The second-order valence-corrected chi connectivity index (χ2v) is 5.40. The molecule has 1 aromatic heterocycles. The van der Waals surface area contributed by atoms with Crippen LogP contribution in [0.4, 0.5) is 5.82 Å². The third-order valence-electron chi connectivity index (χ3n) is 4.45. The summed E-state index contributed by atoms with van der Waals surface area (Å²) in [5.74, 6) is 0.456. The number of aliphatic carboxylic acids is 1. The first-order valence-electron chi connectivity index (χ1n) is 6.39. The van der Waals surface area contributed by atoms with Crippen LogP contribution in [0.2, 0.25) is 0 Å². The largest absolute Gasteiger partial charge is 0.481 e. The van der Waals surface area contributed by atoms with E-state index in [-0.39, 0.29) is 5.92 Å². The van der Waals surface area contributed by atoms with Crippen molar-refractivity contribution in [2.75, 3.05) is 18.0 Å². The van der Waals surface area contributed by atoms with Gasteiger partial charge < -0.3 is 10.0 Å². The molecule has 0 aromatic carbocycles. The third kappa shape index (κ3) is 1.50. The number of nitrogens with zero attached hydrogens (tertiary/aromatic N) is 3. The number of aromatic nitrogens is 2. The maximum atomic E-state index is 11.6. The van der Waals surface area contributed by atoms with Gasteiger partial charge in [-0.25, -0.2) is 4.98 Å². The average molecular weight is 247 g/mol. The normalized spacial score (nSPS) is 30.5. The molecule has 0 spiro atoms. The fourth-order valence-electron chi connectivity index (χ4n) is 3.51. The molecule has 5 nitrogen and oxygen atoms in total. The van der Waals surface area contributed by atoms with E-state index >= 15 is 0 Å². The van der Waals surface area contributed by atoms with Crippen molar-refractivity contribution in [1.82, 2.24) is 9.97 Å². The highest BCUT2D eigenvalue weighted by atomic mass is 16.4. The topological polar surface area (TPSA) is 66.3 Å². The number of hydrogen-bond donors (Lipinski definition) is 1. The number of aryl methyl sites for hydroxylation is 1. The molecule has 1 aromatic rings. The number of carboxylic acid groups (broad SMARTS) is 1. The predicted molar refractivity (Wildman–Crippen MR) is 66.4 cm³/mol. The molecule has 3 rings (SSSR count). The molecule has 0 unspecified atom stereocenters. The molecule has 1 N–H and O–H groups in total. The molecule has 0 amide bonds. The Kier molecular flexibility index (Phi) is 2.50. The van der Waals surface area contributed by atoms with Gasteiger partial charge in [-0.15, -0.1) is 0 Å². The van der Waals surface area contributed by atoms with E-state index in [4.69, 9.17) is 0 Å². The summed E-state index contributed by atoms with van der Waals surface area (Å²) in [7, 11) is 0. The van der Waals surface area contributed by atoms with E-state index in [0.29, 0.717) is 6.54 Å². The van der Waals surface area contributed by atoms with Crippen molar-refractivity contribution in [3.63, 3.8) is 0 Å². The lowest BCUT2D eigenvalue weighted by Crippen LogP contribution is -2.36. The van der Waals surface area contributed by atoms with Crippen molar-refractivity contribution in [1.29, 1.82) is 0 Å². The maximum absolute atomic E-state index is 11.6. The number of hydrogen-bond acceptors (Lipinski definition) is 4. The average Bonchev–Trinajstić information content (AvgIpc) is 2.86. The van der Waals surface area contributed by atoms with E-state index in [0.717, 1.165) is 37.3 Å². The van der Waals surface area contributed by atoms with Crippen LogP contribution in [0, 0.1) is 18.3 Å². The summed E-state index contributed by atoms with van der Waals surface area (Å²) >= 11 is 0. The summed E-state index contributed by atoms with van der Waals surface area (Å²) in [5.41, 5.74) is 0.322. The lowest BCUT2D eigenvalue weighted by molar-refractivity contribution is -0.149. The lowest BCUT2D eigenvalue weighted by atomic mass is 9.81. The highest BCUT2D eigenvalue weighted by Gasteiger charge is 2.55. The molecule has 18 heavy (non-hydrogen) atoms. The minimum absolute atomic E-state index is 0.261. The van der Waals surface area contributed by atoms with E-state index in [9.17, 15) is 9.90 Å². The van der Waals surface area contributed by atoms with Crippen LogP contribution in [0.3, 0.4) is 0 Å². The molecule has 2 atom stereocenters. The first kappa shape index (κ1) is 11.4. The maximum Gasteiger partial charge on any atom is 0.311 e. The standard InChI is InChI=1S/C13H17N3O2/c1-9-11(15-6-5-14-9)16-7-10-3-2-4-13(10,8-16)12(17)18/h5-6,10H,2-4,7-8H2,1H3,(H,17,18)/t10-,13+/m0/s1. The van der Waals surface area contributed by atoms with Crippen LogP contribution in [0.5, 0.6) is 0 Å². The molecule has 2 fully saturated rings. The van der Waals surface area contributed by atoms with Crippen LogP contribution in [-0.2, 0) is 4.79 Å². The van der Waals surface area contributed by atoms with Gasteiger partial charge in [0.15, 0.2) is 0 Å². The lowest BCUT2D eigenvalue weighted by Gasteiger charge is -2.24. The van der Waals surface area contributed by atoms with Crippen LogP contribution in [0.1, 0.15) is 25.0 Å². The Balaban J connectivity index is 1.92. The number of anilines is 1. The SMILES string of the molecule is Cc1nccnc1N1C[C@@H]2CCC[C@@]2(C(=O)O)C1. The van der Waals surface area contributed by atoms with Gasteiger partial charge in [-0.05, 0) is 25.7 Å².